The maximum atomic E-state index is 13.7. The molecule has 0 N–H and O–H groups in total. The molecule has 0 spiro atoms. The molecular formula is C30H27Br3N4O5. The average molecular weight is 763 g/mol. The van der Waals surface area contributed by atoms with Crippen LogP contribution in [0.5, 0.6) is 11.5 Å². The molecule has 1 aromatic heterocycles. The van der Waals surface area contributed by atoms with E-state index in [1.165, 1.54) is 23.2 Å². The highest BCUT2D eigenvalue weighted by molar-refractivity contribution is 9.13. The number of nitro benzene ring substituents is 1. The summed E-state index contributed by atoms with van der Waals surface area (Å²) in [6, 6.07) is 13.6. The van der Waals surface area contributed by atoms with E-state index in [0.717, 1.165) is 30.2 Å². The van der Waals surface area contributed by atoms with Gasteiger partial charge in [-0.05, 0) is 81.5 Å². The first-order chi connectivity index (χ1) is 20.3. The molecular weight excluding hydrogens is 736 g/mol. The molecule has 0 amide bonds. The molecule has 12 heteroatoms. The SMILES string of the molecule is CCOc1cc(C=Nn2c(C3CCCCC3)nc3ccc(Br)cc3c2=O)c(Br)c(Br)c1OCc1cccc([N+](=O)[O-])c1. The number of rotatable bonds is 9. The summed E-state index contributed by atoms with van der Waals surface area (Å²) in [6.07, 6.45) is 6.91. The Bertz CT molecular complexity index is 1730. The zero-order valence-corrected chi connectivity index (χ0v) is 27.4. The second-order valence-corrected chi connectivity index (χ2v) is 12.4. The van der Waals surface area contributed by atoms with Crippen molar-refractivity contribution in [2.24, 2.45) is 5.10 Å². The molecule has 218 valence electrons. The largest absolute Gasteiger partial charge is 0.490 e. The fourth-order valence-corrected chi connectivity index (χ4v) is 6.33. The molecule has 42 heavy (non-hydrogen) atoms. The first kappa shape index (κ1) is 30.4. The summed E-state index contributed by atoms with van der Waals surface area (Å²) in [6.45, 7) is 2.34. The van der Waals surface area contributed by atoms with Gasteiger partial charge in [-0.2, -0.15) is 9.78 Å². The van der Waals surface area contributed by atoms with E-state index in [1.54, 1.807) is 30.5 Å². The van der Waals surface area contributed by atoms with Crippen LogP contribution in [0.3, 0.4) is 0 Å². The van der Waals surface area contributed by atoms with E-state index in [0.29, 0.717) is 54.9 Å². The molecule has 0 radical (unpaired) electrons. The van der Waals surface area contributed by atoms with Crippen molar-refractivity contribution in [3.8, 4) is 11.5 Å². The molecule has 0 aliphatic heterocycles. The number of benzene rings is 3. The van der Waals surface area contributed by atoms with Crippen LogP contribution in [0.2, 0.25) is 0 Å². The lowest BCUT2D eigenvalue weighted by molar-refractivity contribution is -0.384. The van der Waals surface area contributed by atoms with Gasteiger partial charge in [0.15, 0.2) is 11.5 Å². The molecule has 0 unspecified atom stereocenters. The third kappa shape index (κ3) is 6.60. The Morgan fingerprint density at radius 2 is 1.86 bits per heavy atom. The lowest BCUT2D eigenvalue weighted by Crippen LogP contribution is -2.25. The minimum atomic E-state index is -0.440. The van der Waals surface area contributed by atoms with E-state index in [4.69, 9.17) is 14.5 Å². The fraction of sp³-hybridized carbons (Fsp3) is 0.300. The number of aromatic nitrogens is 2. The Morgan fingerprint density at radius 3 is 2.60 bits per heavy atom. The Morgan fingerprint density at radius 1 is 1.07 bits per heavy atom. The van der Waals surface area contributed by atoms with E-state index >= 15 is 0 Å². The molecule has 1 heterocycles. The van der Waals surface area contributed by atoms with Crippen LogP contribution in [0.4, 0.5) is 5.69 Å². The Labute approximate surface area is 267 Å². The number of nitrogens with zero attached hydrogens (tertiary/aromatic N) is 4. The van der Waals surface area contributed by atoms with Crippen molar-refractivity contribution in [2.45, 2.75) is 51.6 Å². The zero-order valence-electron chi connectivity index (χ0n) is 22.7. The summed E-state index contributed by atoms with van der Waals surface area (Å²) in [5.74, 6) is 1.71. The lowest BCUT2D eigenvalue weighted by Gasteiger charge is -2.23. The number of ether oxygens (including phenoxy) is 2. The summed E-state index contributed by atoms with van der Waals surface area (Å²) < 4.78 is 15.4. The van der Waals surface area contributed by atoms with E-state index in [1.807, 2.05) is 19.1 Å². The van der Waals surface area contributed by atoms with Crippen LogP contribution < -0.4 is 15.0 Å². The van der Waals surface area contributed by atoms with Crippen molar-refractivity contribution >= 4 is 70.6 Å². The monoisotopic (exact) mass is 760 g/mol. The molecule has 3 aromatic carbocycles. The fourth-order valence-electron chi connectivity index (χ4n) is 5.03. The number of halogens is 3. The van der Waals surface area contributed by atoms with E-state index in [-0.39, 0.29) is 23.8 Å². The maximum absolute atomic E-state index is 13.7. The van der Waals surface area contributed by atoms with Gasteiger partial charge in [0.1, 0.15) is 12.4 Å². The number of hydrogen-bond acceptors (Lipinski definition) is 7. The molecule has 1 aliphatic rings. The van der Waals surface area contributed by atoms with Gasteiger partial charge in [0.05, 0.1) is 33.1 Å². The third-order valence-corrected chi connectivity index (χ3v) is 9.71. The average Bonchev–Trinajstić information content (AvgIpc) is 2.99. The maximum Gasteiger partial charge on any atom is 0.282 e. The van der Waals surface area contributed by atoms with Crippen molar-refractivity contribution in [2.75, 3.05) is 6.61 Å². The first-order valence-corrected chi connectivity index (χ1v) is 15.9. The highest BCUT2D eigenvalue weighted by Crippen LogP contribution is 2.43. The van der Waals surface area contributed by atoms with Gasteiger partial charge in [-0.15, -0.1) is 0 Å². The molecule has 1 fully saturated rings. The Hall–Kier alpha value is -3.09. The van der Waals surface area contributed by atoms with Gasteiger partial charge in [-0.1, -0.05) is 47.3 Å². The highest BCUT2D eigenvalue weighted by Gasteiger charge is 2.23. The topological polar surface area (TPSA) is 109 Å². The van der Waals surface area contributed by atoms with Crippen LogP contribution in [0, 0.1) is 10.1 Å². The summed E-state index contributed by atoms with van der Waals surface area (Å²) in [5.41, 5.74) is 1.72. The van der Waals surface area contributed by atoms with Gasteiger partial charge in [0, 0.05) is 32.6 Å². The van der Waals surface area contributed by atoms with Crippen molar-refractivity contribution in [1.29, 1.82) is 0 Å². The summed E-state index contributed by atoms with van der Waals surface area (Å²) in [7, 11) is 0. The molecule has 1 aliphatic carbocycles. The van der Waals surface area contributed by atoms with Crippen LogP contribution in [0.25, 0.3) is 10.9 Å². The lowest BCUT2D eigenvalue weighted by atomic mass is 9.88. The van der Waals surface area contributed by atoms with Crippen molar-refractivity contribution in [3.63, 3.8) is 0 Å². The molecule has 1 saturated carbocycles. The van der Waals surface area contributed by atoms with Crippen molar-refractivity contribution in [3.05, 3.63) is 99.4 Å². The molecule has 5 rings (SSSR count). The number of hydrogen-bond donors (Lipinski definition) is 0. The number of nitro groups is 1. The normalized spacial score (nSPS) is 14.0. The van der Waals surface area contributed by atoms with Crippen molar-refractivity contribution in [1.82, 2.24) is 9.66 Å². The predicted molar refractivity (Wildman–Crippen MR) is 173 cm³/mol. The van der Waals surface area contributed by atoms with Gasteiger partial charge in [0.25, 0.3) is 11.2 Å². The van der Waals surface area contributed by atoms with Crippen LogP contribution in [0.1, 0.15) is 61.9 Å². The van der Waals surface area contributed by atoms with Crippen LogP contribution in [0.15, 0.2) is 71.8 Å². The predicted octanol–water partition coefficient (Wildman–Crippen LogP) is 8.50. The van der Waals surface area contributed by atoms with Crippen molar-refractivity contribution < 1.29 is 14.4 Å². The molecule has 9 nitrogen and oxygen atoms in total. The van der Waals surface area contributed by atoms with Gasteiger partial charge in [-0.3, -0.25) is 14.9 Å². The van der Waals surface area contributed by atoms with E-state index in [2.05, 4.69) is 52.9 Å². The van der Waals surface area contributed by atoms with Gasteiger partial charge < -0.3 is 9.47 Å². The smallest absolute Gasteiger partial charge is 0.282 e. The Balaban J connectivity index is 1.53. The first-order valence-electron chi connectivity index (χ1n) is 13.5. The molecule has 0 bridgehead atoms. The second kappa shape index (κ2) is 13.5. The second-order valence-electron chi connectivity index (χ2n) is 9.90. The van der Waals surface area contributed by atoms with E-state index in [9.17, 15) is 14.9 Å². The standard InChI is InChI=1S/C30H27Br3N4O5/c1-2-41-25-14-20(26(32)27(33)28(25)42-17-18-7-6-10-22(13-18)37(39)40)16-34-36-29(19-8-4-3-5-9-19)35-24-12-11-21(31)15-23(24)30(36)38/h6-7,10-16,19H,2-5,8-9,17H2,1H3. The molecule has 0 atom stereocenters. The number of fused-ring (bicyclic) bond motifs is 1. The molecule has 0 saturated heterocycles. The highest BCUT2D eigenvalue weighted by atomic mass is 79.9. The molecule has 4 aromatic rings. The minimum Gasteiger partial charge on any atom is -0.490 e. The van der Waals surface area contributed by atoms with E-state index < -0.39 is 4.92 Å². The van der Waals surface area contributed by atoms with Gasteiger partial charge >= 0.3 is 0 Å². The van der Waals surface area contributed by atoms with Crippen LogP contribution in [-0.2, 0) is 6.61 Å². The summed E-state index contributed by atoms with van der Waals surface area (Å²) >= 11 is 10.7. The van der Waals surface area contributed by atoms with Crippen LogP contribution in [-0.4, -0.2) is 27.4 Å². The van der Waals surface area contributed by atoms with Gasteiger partial charge in [0.2, 0.25) is 0 Å². The minimum absolute atomic E-state index is 0.00804. The summed E-state index contributed by atoms with van der Waals surface area (Å²) in [4.78, 5) is 29.3. The van der Waals surface area contributed by atoms with Gasteiger partial charge in [-0.25, -0.2) is 4.98 Å². The third-order valence-electron chi connectivity index (χ3n) is 7.08. The zero-order chi connectivity index (χ0) is 29.8. The summed E-state index contributed by atoms with van der Waals surface area (Å²) in [5, 5.41) is 16.3. The number of non-ortho nitro benzene ring substituents is 1. The quantitative estimate of drug-likeness (QED) is 0.0962. The van der Waals surface area contributed by atoms with Crippen LogP contribution >= 0.6 is 47.8 Å². The Kier molecular flexibility index (Phi) is 9.74.